The van der Waals surface area contributed by atoms with Crippen molar-refractivity contribution < 1.29 is 14.7 Å². The first-order chi connectivity index (χ1) is 10.8. The van der Waals surface area contributed by atoms with E-state index in [1.54, 1.807) is 0 Å². The largest absolute Gasteiger partial charge is 0.515 e. The zero-order valence-corrected chi connectivity index (χ0v) is 11.2. The highest BCUT2D eigenvalue weighted by Gasteiger charge is 2.02. The van der Waals surface area contributed by atoms with Gasteiger partial charge in [-0.1, -0.05) is 6.08 Å². The van der Waals surface area contributed by atoms with E-state index in [2.05, 4.69) is 24.9 Å². The molecule has 0 aliphatic heterocycles. The molecule has 0 saturated carbocycles. The van der Waals surface area contributed by atoms with Gasteiger partial charge in [0.2, 0.25) is 0 Å². The smallest absolute Gasteiger partial charge is 0.182 e. The van der Waals surface area contributed by atoms with Crippen LogP contribution in [-0.2, 0) is 9.59 Å². The normalized spacial score (nSPS) is 13.3. The third-order valence-corrected chi connectivity index (χ3v) is 2.53. The van der Waals surface area contributed by atoms with Crippen LogP contribution in [0.4, 0.5) is 5.82 Å². The maximum absolute atomic E-state index is 10.9. The lowest BCUT2D eigenvalue weighted by atomic mass is 10.2. The lowest BCUT2D eigenvalue weighted by Gasteiger charge is -1.92. The van der Waals surface area contributed by atoms with Gasteiger partial charge in [0.1, 0.15) is 18.1 Å². The Labute approximate surface area is 124 Å². The molecular formula is C14H11N5O3. The monoisotopic (exact) mass is 297 g/mol. The van der Waals surface area contributed by atoms with Gasteiger partial charge in [-0.15, -0.1) is 0 Å². The van der Waals surface area contributed by atoms with Crippen molar-refractivity contribution in [1.29, 1.82) is 0 Å². The van der Waals surface area contributed by atoms with Crippen molar-refractivity contribution in [3.63, 3.8) is 0 Å². The Kier molecular flexibility index (Phi) is 5.03. The number of aromatic amines is 1. The van der Waals surface area contributed by atoms with Gasteiger partial charge < -0.3 is 10.1 Å². The van der Waals surface area contributed by atoms with Gasteiger partial charge in [-0.2, -0.15) is 0 Å². The number of aliphatic imine (C=N–C) groups is 1. The molecule has 0 radical (unpaired) electrons. The summed E-state index contributed by atoms with van der Waals surface area (Å²) in [7, 11) is 0. The molecule has 8 heteroatoms. The molecule has 0 fully saturated rings. The molecule has 0 atom stereocenters. The molecule has 22 heavy (non-hydrogen) atoms. The summed E-state index contributed by atoms with van der Waals surface area (Å²) in [4.78, 5) is 40.3. The quantitative estimate of drug-likeness (QED) is 0.273. The highest BCUT2D eigenvalue weighted by Crippen LogP contribution is 2.16. The number of hydrogen-bond donors (Lipinski definition) is 2. The Hall–Kier alpha value is -3.42. The van der Waals surface area contributed by atoms with E-state index in [0.29, 0.717) is 35.8 Å². The van der Waals surface area contributed by atoms with Crippen molar-refractivity contribution in [2.45, 2.75) is 0 Å². The van der Waals surface area contributed by atoms with E-state index in [-0.39, 0.29) is 11.1 Å². The Bertz CT molecular complexity index is 802. The number of H-pyrrole nitrogens is 1. The fourth-order valence-corrected chi connectivity index (χ4v) is 1.53. The number of hydrogen-bond acceptors (Lipinski definition) is 7. The molecule has 0 saturated heterocycles. The summed E-state index contributed by atoms with van der Waals surface area (Å²) in [5.74, 6) is 0.410. The lowest BCUT2D eigenvalue weighted by molar-refractivity contribution is -0.105. The summed E-state index contributed by atoms with van der Waals surface area (Å²) in [6.45, 7) is 0. The minimum absolute atomic E-state index is 0.0151. The van der Waals surface area contributed by atoms with Crippen molar-refractivity contribution >= 4 is 35.8 Å². The van der Waals surface area contributed by atoms with Gasteiger partial charge in [0.25, 0.3) is 0 Å². The minimum atomic E-state index is -0.0151. The van der Waals surface area contributed by atoms with E-state index >= 15 is 0 Å². The molecule has 2 rings (SSSR count). The molecule has 0 unspecified atom stereocenters. The second-order valence-electron chi connectivity index (χ2n) is 3.94. The number of imidazole rings is 1. The summed E-state index contributed by atoms with van der Waals surface area (Å²) in [5, 5.41) is 8.74. The first-order valence-corrected chi connectivity index (χ1v) is 6.09. The fraction of sp³-hybridized carbons (Fsp3) is 0. The van der Waals surface area contributed by atoms with Gasteiger partial charge >= 0.3 is 0 Å². The first-order valence-electron chi connectivity index (χ1n) is 6.09. The molecule has 2 aromatic heterocycles. The number of rotatable bonds is 6. The topological polar surface area (TPSA) is 121 Å². The van der Waals surface area contributed by atoms with E-state index in [1.807, 2.05) is 0 Å². The Morgan fingerprint density at radius 2 is 2.00 bits per heavy atom. The molecule has 110 valence electrons. The van der Waals surface area contributed by atoms with Crippen LogP contribution in [-0.4, -0.2) is 43.8 Å². The number of allylic oxidation sites excluding steroid dienone is 5. The van der Waals surface area contributed by atoms with E-state index in [4.69, 9.17) is 5.11 Å². The van der Waals surface area contributed by atoms with Gasteiger partial charge in [0, 0.05) is 17.4 Å². The predicted octanol–water partition coefficient (Wildman–Crippen LogP) is 1.38. The van der Waals surface area contributed by atoms with Crippen LogP contribution >= 0.6 is 0 Å². The van der Waals surface area contributed by atoms with Gasteiger partial charge in [-0.05, 0) is 12.2 Å². The maximum Gasteiger partial charge on any atom is 0.182 e. The predicted molar refractivity (Wildman–Crippen MR) is 79.9 cm³/mol. The van der Waals surface area contributed by atoms with Crippen molar-refractivity contribution in [2.24, 2.45) is 4.99 Å². The van der Waals surface area contributed by atoms with Gasteiger partial charge in [0.15, 0.2) is 17.8 Å². The molecule has 0 aliphatic carbocycles. The molecule has 0 aromatic carbocycles. The summed E-state index contributed by atoms with van der Waals surface area (Å²) in [6, 6.07) is 0. The van der Waals surface area contributed by atoms with Crippen LogP contribution in [0, 0.1) is 0 Å². The minimum Gasteiger partial charge on any atom is -0.515 e. The Morgan fingerprint density at radius 1 is 1.18 bits per heavy atom. The maximum atomic E-state index is 10.9. The van der Waals surface area contributed by atoms with Crippen molar-refractivity contribution in [3.05, 3.63) is 48.3 Å². The molecule has 0 spiro atoms. The van der Waals surface area contributed by atoms with E-state index in [0.717, 1.165) is 0 Å². The summed E-state index contributed by atoms with van der Waals surface area (Å²) in [5.41, 5.74) is 1.29. The molecule has 0 amide bonds. The van der Waals surface area contributed by atoms with Crippen LogP contribution in [0.5, 0.6) is 0 Å². The Morgan fingerprint density at radius 3 is 2.73 bits per heavy atom. The number of aldehydes is 2. The number of fused-ring (bicyclic) bond motifs is 1. The Balaban J connectivity index is 2.15. The summed E-state index contributed by atoms with van der Waals surface area (Å²) >= 11 is 0. The van der Waals surface area contributed by atoms with Crippen molar-refractivity contribution in [2.75, 3.05) is 0 Å². The van der Waals surface area contributed by atoms with Crippen LogP contribution in [0.25, 0.3) is 11.2 Å². The third-order valence-electron chi connectivity index (χ3n) is 2.53. The molecular weight excluding hydrogens is 286 g/mol. The first kappa shape index (κ1) is 15.0. The number of nitrogens with zero attached hydrogens (tertiary/aromatic N) is 4. The zero-order chi connectivity index (χ0) is 15.8. The van der Waals surface area contributed by atoms with E-state index < -0.39 is 0 Å². The van der Waals surface area contributed by atoms with Gasteiger partial charge in [0.05, 0.1) is 12.6 Å². The molecule has 2 N–H and O–H groups in total. The second-order valence-corrected chi connectivity index (χ2v) is 3.94. The van der Waals surface area contributed by atoms with Gasteiger partial charge in [-0.25, -0.2) is 19.9 Å². The van der Waals surface area contributed by atoms with Crippen LogP contribution in [0.1, 0.15) is 0 Å². The summed E-state index contributed by atoms with van der Waals surface area (Å²) in [6.07, 6.45) is 10.1. The lowest BCUT2D eigenvalue weighted by Crippen LogP contribution is -1.85. The average molecular weight is 297 g/mol. The molecule has 0 aliphatic rings. The van der Waals surface area contributed by atoms with Gasteiger partial charge in [-0.3, -0.25) is 9.59 Å². The molecule has 8 nitrogen and oxygen atoms in total. The number of carbonyl (C=O) groups is 2. The summed E-state index contributed by atoms with van der Waals surface area (Å²) < 4.78 is 0. The van der Waals surface area contributed by atoms with Crippen LogP contribution < -0.4 is 0 Å². The fourth-order valence-electron chi connectivity index (χ4n) is 1.53. The van der Waals surface area contributed by atoms with E-state index in [1.165, 1.54) is 37.1 Å². The number of nitrogens with one attached hydrogen (secondary N) is 1. The van der Waals surface area contributed by atoms with Crippen molar-refractivity contribution in [3.8, 4) is 0 Å². The molecule has 0 bridgehead atoms. The molecule has 2 heterocycles. The highest BCUT2D eigenvalue weighted by atomic mass is 16.2. The molecule has 2 aromatic rings. The standard InChI is InChI=1S/C14H11N5O3/c20-5-10(4-11(6-21)7-22)2-1-3-15-13-12-14(17-8-16-12)19-9-18-13/h1-9,21H,(H,16,17,18,19). The van der Waals surface area contributed by atoms with Crippen LogP contribution in [0.15, 0.2) is 53.3 Å². The van der Waals surface area contributed by atoms with E-state index in [9.17, 15) is 9.59 Å². The second kappa shape index (κ2) is 7.39. The average Bonchev–Trinajstić information content (AvgIpc) is 3.03. The zero-order valence-electron chi connectivity index (χ0n) is 11.2. The highest BCUT2D eigenvalue weighted by molar-refractivity contribution is 5.88. The number of aliphatic hydroxyl groups is 1. The van der Waals surface area contributed by atoms with Crippen LogP contribution in [0.2, 0.25) is 0 Å². The SMILES string of the molecule is O=CC(=CO)C=C(C=O)C=CC=Nc1ncnc2nc[nH]c12. The van der Waals surface area contributed by atoms with Crippen molar-refractivity contribution in [1.82, 2.24) is 19.9 Å². The number of carbonyl (C=O) groups excluding carboxylic acids is 2. The third kappa shape index (κ3) is 3.57. The van der Waals surface area contributed by atoms with Crippen LogP contribution in [0.3, 0.4) is 0 Å². The number of aliphatic hydroxyl groups excluding tert-OH is 1. The number of aromatic nitrogens is 4.